The van der Waals surface area contributed by atoms with Crippen LogP contribution in [-0.4, -0.2) is 12.4 Å². The van der Waals surface area contributed by atoms with Crippen LogP contribution in [0.1, 0.15) is 6.92 Å². The Bertz CT molecular complexity index is 215. The Morgan fingerprint density at radius 3 is 1.41 bits per heavy atom. The number of nitrogens with zero attached hydrogens (tertiary/aromatic N) is 1. The normalized spacial score (nSPS) is 12.5. The Morgan fingerprint density at radius 1 is 0.941 bits per heavy atom. The Balaban J connectivity index is 0. The molecule has 0 aromatic rings. The summed E-state index contributed by atoms with van der Waals surface area (Å²) in [7, 11) is 21.0. The minimum absolute atomic E-state index is 0.103. The van der Waals surface area contributed by atoms with Gasteiger partial charge in [-0.1, -0.05) is 0 Å². The topological polar surface area (TPSA) is 12.4 Å². The summed E-state index contributed by atoms with van der Waals surface area (Å²) in [6, 6.07) is 0. The molecule has 0 bridgehead atoms. The van der Waals surface area contributed by atoms with Gasteiger partial charge in [-0.05, 0) is 54.3 Å². The van der Waals surface area contributed by atoms with Crippen LogP contribution in [0.3, 0.4) is 0 Å². The van der Waals surface area contributed by atoms with Crippen LogP contribution in [0.5, 0.6) is 0 Å². The number of rotatable bonds is 5. The van der Waals surface area contributed by atoms with Crippen LogP contribution >= 0.6 is 97.4 Å². The molecule has 13 heteroatoms. The zero-order valence-electron chi connectivity index (χ0n) is 9.64. The van der Waals surface area contributed by atoms with E-state index in [1.54, 1.807) is 0 Å². The number of aliphatic imine (C=N–C) groups is 1. The summed E-state index contributed by atoms with van der Waals surface area (Å²) in [5, 5.41) is 0. The summed E-state index contributed by atoms with van der Waals surface area (Å²) >= 11 is 0. The highest BCUT2D eigenvalue weighted by atomic mass is 33.3. The van der Waals surface area contributed by atoms with E-state index in [2.05, 4.69) is 79.9 Å². The average molecular weight is 455 g/mol. The molecule has 0 N–H and O–H groups in total. The largest absolute Gasteiger partial charge is 0.244 e. The van der Waals surface area contributed by atoms with Crippen molar-refractivity contribution in [1.82, 2.24) is 0 Å². The van der Waals surface area contributed by atoms with Crippen molar-refractivity contribution in [2.75, 3.05) is 6.54 Å². The van der Waals surface area contributed by atoms with Gasteiger partial charge in [0.1, 0.15) is 0 Å². The number of hydrogen-bond acceptors (Lipinski definition) is 1. The molecule has 0 spiro atoms. The van der Waals surface area contributed by atoms with E-state index in [-0.39, 0.29) is 34.9 Å². The van der Waals surface area contributed by atoms with E-state index in [1.807, 2.05) is 6.92 Å². The van der Waals surface area contributed by atoms with Crippen molar-refractivity contribution in [2.24, 2.45) is 4.99 Å². The van der Waals surface area contributed by atoms with Gasteiger partial charge in [-0.15, -0.1) is 62.5 Å². The van der Waals surface area contributed by atoms with Crippen LogP contribution < -0.4 is 0 Å². The smallest absolute Gasteiger partial charge is 0.0455 e. The highest BCUT2D eigenvalue weighted by Crippen LogP contribution is 3.16. The molecule has 0 aliphatic carbocycles. The number of hydrogen-bond donors (Lipinski definition) is 0. The lowest BCUT2D eigenvalue weighted by Gasteiger charge is -2.32. The van der Waals surface area contributed by atoms with Gasteiger partial charge in [-0.3, -0.25) is 0 Å². The van der Waals surface area contributed by atoms with E-state index in [0.29, 0.717) is 0 Å². The molecule has 0 aromatic heterocycles. The summed E-state index contributed by atoms with van der Waals surface area (Å²) in [5.41, 5.74) is 0. The zero-order chi connectivity index (χ0) is 14.0. The molecular weight excluding hydrogens is 434 g/mol. The fourth-order valence-corrected chi connectivity index (χ4v) is 103. The van der Waals surface area contributed by atoms with E-state index in [9.17, 15) is 0 Å². The SMILES string of the molecule is C=C=NCC.PP(P)P(P)P(P(P)P)P(P)P. The fraction of sp³-hybridized carbons (Fsp3) is 0.500. The minimum Gasteiger partial charge on any atom is -0.244 e. The first-order valence-electron chi connectivity index (χ1n) is 4.21. The maximum atomic E-state index is 3.61. The van der Waals surface area contributed by atoms with Crippen molar-refractivity contribution in [1.29, 1.82) is 0 Å². The molecule has 8 unspecified atom stereocenters. The monoisotopic (exact) mass is 455 g/mol. The lowest BCUT2D eigenvalue weighted by molar-refractivity contribution is 1.15. The van der Waals surface area contributed by atoms with Crippen LogP contribution in [-0.2, 0) is 0 Å². The highest BCUT2D eigenvalue weighted by Gasteiger charge is 2.26. The standard InChI is InChI=1S/C4H7N.H14P12/c1-3-5-4-2;1-8(2)11(7)12(9(3)4)10(5)6/h1,4H2,2H3;1-7H2. The van der Waals surface area contributed by atoms with Gasteiger partial charge < -0.3 is 0 Å². The molecule has 0 saturated carbocycles. The van der Waals surface area contributed by atoms with E-state index < -0.39 is 0 Å². The summed E-state index contributed by atoms with van der Waals surface area (Å²) in [6.45, 7) is 6.70. The maximum Gasteiger partial charge on any atom is 0.0455 e. The van der Waals surface area contributed by atoms with Gasteiger partial charge in [0.25, 0.3) is 0 Å². The average Bonchev–Trinajstić information content (AvgIpc) is 2.18. The second-order valence-electron chi connectivity index (χ2n) is 2.36. The molecule has 0 fully saturated rings. The molecule has 0 aromatic carbocycles. The molecule has 0 amide bonds. The van der Waals surface area contributed by atoms with E-state index in [1.165, 1.54) is 0 Å². The molecule has 0 aliphatic rings. The van der Waals surface area contributed by atoms with Gasteiger partial charge in [0.15, 0.2) is 0 Å². The molecule has 0 saturated heterocycles. The van der Waals surface area contributed by atoms with Crippen LogP contribution in [0.4, 0.5) is 0 Å². The van der Waals surface area contributed by atoms with Gasteiger partial charge in [0, 0.05) is 6.54 Å². The van der Waals surface area contributed by atoms with Gasteiger partial charge in [-0.25, -0.2) is 4.99 Å². The summed E-state index contributed by atoms with van der Waals surface area (Å²) in [6.07, 6.45) is 0. The second kappa shape index (κ2) is 15.5. The molecule has 102 valence electrons. The van der Waals surface area contributed by atoms with Gasteiger partial charge in [0.2, 0.25) is 0 Å². The zero-order valence-corrected chi connectivity index (χ0v) is 22.2. The Kier molecular flexibility index (Phi) is 21.8. The molecule has 1 nitrogen and oxygen atoms in total. The van der Waals surface area contributed by atoms with Crippen molar-refractivity contribution in [3.05, 3.63) is 6.58 Å². The van der Waals surface area contributed by atoms with E-state index in [4.69, 9.17) is 0 Å². The third-order valence-corrected chi connectivity index (χ3v) is 67.7. The van der Waals surface area contributed by atoms with Crippen LogP contribution in [0.2, 0.25) is 0 Å². The predicted molar refractivity (Wildman–Crippen MR) is 126 cm³/mol. The van der Waals surface area contributed by atoms with Crippen LogP contribution in [0.25, 0.3) is 0 Å². The first kappa shape index (κ1) is 23.9. The van der Waals surface area contributed by atoms with Gasteiger partial charge in [0.05, 0.1) is 0 Å². The Labute approximate surface area is 128 Å². The lowest BCUT2D eigenvalue weighted by Crippen LogP contribution is -1.58. The molecular formula is C4H21NP12. The van der Waals surface area contributed by atoms with E-state index >= 15 is 0 Å². The minimum atomic E-state index is 0.103. The van der Waals surface area contributed by atoms with Crippen LogP contribution in [0.15, 0.2) is 11.6 Å². The van der Waals surface area contributed by atoms with Gasteiger partial charge >= 0.3 is 0 Å². The lowest BCUT2D eigenvalue weighted by atomic mass is 10.8. The highest BCUT2D eigenvalue weighted by molar-refractivity contribution is 9.21. The molecule has 0 heterocycles. The summed E-state index contributed by atoms with van der Waals surface area (Å²) in [5.74, 6) is 2.39. The van der Waals surface area contributed by atoms with Gasteiger partial charge in [-0.2, -0.15) is 0 Å². The van der Waals surface area contributed by atoms with Crippen molar-refractivity contribution in [3.63, 3.8) is 0 Å². The Hall–Kier alpha value is 4.61. The fourth-order valence-electron chi connectivity index (χ4n) is 0.535. The molecule has 0 rings (SSSR count). The van der Waals surface area contributed by atoms with E-state index in [0.717, 1.165) is 6.54 Å². The molecule has 0 radical (unpaired) electrons. The summed E-state index contributed by atoms with van der Waals surface area (Å²) < 4.78 is 0. The molecule has 0 aliphatic heterocycles. The molecule has 17 heavy (non-hydrogen) atoms. The van der Waals surface area contributed by atoms with Crippen molar-refractivity contribution in [3.8, 4) is 0 Å². The van der Waals surface area contributed by atoms with Crippen molar-refractivity contribution in [2.45, 2.75) is 6.92 Å². The van der Waals surface area contributed by atoms with Crippen LogP contribution in [0, 0.1) is 0 Å². The first-order chi connectivity index (χ1) is 7.79. The summed E-state index contributed by atoms with van der Waals surface area (Å²) in [4.78, 5) is 3.61. The first-order valence-corrected chi connectivity index (χ1v) is 25.1. The molecule has 8 atom stereocenters. The van der Waals surface area contributed by atoms with Crippen molar-refractivity contribution >= 4 is 103 Å². The second-order valence-corrected chi connectivity index (χ2v) is 47.3. The van der Waals surface area contributed by atoms with Crippen molar-refractivity contribution < 1.29 is 0 Å². The quantitative estimate of drug-likeness (QED) is 0.302. The predicted octanol–water partition coefficient (Wildman–Crippen LogP) is 7.45. The maximum absolute atomic E-state index is 3.61. The Morgan fingerprint density at radius 2 is 1.35 bits per heavy atom. The third kappa shape index (κ3) is 14.0. The third-order valence-electron chi connectivity index (χ3n) is 1.10.